The summed E-state index contributed by atoms with van der Waals surface area (Å²) in [7, 11) is 0. The van der Waals surface area contributed by atoms with Gasteiger partial charge in [0, 0.05) is 28.9 Å². The molecule has 21 heavy (non-hydrogen) atoms. The second kappa shape index (κ2) is 5.17. The van der Waals surface area contributed by atoms with E-state index in [1.807, 2.05) is 18.2 Å². The number of benzene rings is 2. The van der Waals surface area contributed by atoms with E-state index in [0.717, 1.165) is 30.7 Å². The van der Waals surface area contributed by atoms with Crippen LogP contribution in [-0.2, 0) is 6.54 Å². The Morgan fingerprint density at radius 2 is 1.95 bits per heavy atom. The average Bonchev–Trinajstić information content (AvgIpc) is 3.12. The Bertz CT molecular complexity index is 777. The number of hydrogen-bond acceptors (Lipinski definition) is 3. The number of rotatable bonds is 3. The summed E-state index contributed by atoms with van der Waals surface area (Å²) in [4.78, 5) is 2.36. The molecule has 0 bridgehead atoms. The van der Waals surface area contributed by atoms with E-state index in [9.17, 15) is 5.11 Å². The number of aliphatic hydroxyl groups is 1. The Kier molecular flexibility index (Phi) is 3.17. The molecule has 3 aromatic rings. The first-order chi connectivity index (χ1) is 10.4. The lowest BCUT2D eigenvalue weighted by molar-refractivity contribution is 0.153. The average molecular weight is 281 g/mol. The molecule has 0 unspecified atom stereocenters. The van der Waals surface area contributed by atoms with Gasteiger partial charge in [-0.05, 0) is 25.5 Å². The minimum absolute atomic E-state index is 0.246. The third-order valence-corrected chi connectivity index (χ3v) is 4.57. The van der Waals surface area contributed by atoms with Crippen molar-refractivity contribution in [2.75, 3.05) is 13.2 Å². The van der Waals surface area contributed by atoms with E-state index in [1.54, 1.807) is 0 Å². The first-order valence-electron chi connectivity index (χ1n) is 7.61. The first kappa shape index (κ1) is 12.9. The van der Waals surface area contributed by atoms with E-state index < -0.39 is 0 Å². The van der Waals surface area contributed by atoms with Crippen molar-refractivity contribution in [3.63, 3.8) is 0 Å². The molecule has 1 atom stereocenters. The number of likely N-dealkylation sites (tertiary alicyclic amines) is 1. The lowest BCUT2D eigenvalue weighted by Crippen LogP contribution is -2.31. The lowest BCUT2D eigenvalue weighted by Gasteiger charge is -2.22. The fourth-order valence-electron chi connectivity index (χ4n) is 3.46. The van der Waals surface area contributed by atoms with Crippen LogP contribution in [0.2, 0.25) is 0 Å². The van der Waals surface area contributed by atoms with Crippen molar-refractivity contribution in [2.24, 2.45) is 0 Å². The highest BCUT2D eigenvalue weighted by Crippen LogP contribution is 2.32. The van der Waals surface area contributed by atoms with E-state index >= 15 is 0 Å². The molecule has 0 saturated carbocycles. The van der Waals surface area contributed by atoms with Crippen LogP contribution in [0.1, 0.15) is 18.4 Å². The second-order valence-corrected chi connectivity index (χ2v) is 5.84. The van der Waals surface area contributed by atoms with Gasteiger partial charge in [-0.15, -0.1) is 0 Å². The zero-order valence-electron chi connectivity index (χ0n) is 12.0. The molecule has 2 heterocycles. The highest BCUT2D eigenvalue weighted by atomic mass is 16.3. The quantitative estimate of drug-likeness (QED) is 0.797. The Balaban J connectivity index is 1.78. The summed E-state index contributed by atoms with van der Waals surface area (Å²) < 4.78 is 6.07. The second-order valence-electron chi connectivity index (χ2n) is 5.84. The van der Waals surface area contributed by atoms with E-state index in [-0.39, 0.29) is 6.61 Å². The maximum Gasteiger partial charge on any atom is 0.139 e. The van der Waals surface area contributed by atoms with Gasteiger partial charge in [0.1, 0.15) is 11.2 Å². The monoisotopic (exact) mass is 281 g/mol. The Labute approximate surface area is 123 Å². The summed E-state index contributed by atoms with van der Waals surface area (Å²) in [6, 6.07) is 14.8. The van der Waals surface area contributed by atoms with Crippen LogP contribution < -0.4 is 0 Å². The topological polar surface area (TPSA) is 36.6 Å². The van der Waals surface area contributed by atoms with Crippen LogP contribution in [0.25, 0.3) is 21.9 Å². The zero-order chi connectivity index (χ0) is 14.2. The number of nitrogens with zero attached hydrogens (tertiary/aromatic N) is 1. The molecule has 3 nitrogen and oxygen atoms in total. The van der Waals surface area contributed by atoms with Crippen LogP contribution in [0.15, 0.2) is 46.9 Å². The molecule has 0 amide bonds. The van der Waals surface area contributed by atoms with Crippen LogP contribution in [0.3, 0.4) is 0 Å². The largest absolute Gasteiger partial charge is 0.456 e. The number of furan rings is 1. The Hall–Kier alpha value is -1.84. The molecule has 1 aromatic heterocycles. The van der Waals surface area contributed by atoms with Gasteiger partial charge in [0.05, 0.1) is 6.61 Å². The van der Waals surface area contributed by atoms with Gasteiger partial charge in [0.2, 0.25) is 0 Å². The zero-order valence-corrected chi connectivity index (χ0v) is 12.0. The summed E-state index contributed by atoms with van der Waals surface area (Å²) in [5.74, 6) is 0. The third kappa shape index (κ3) is 2.13. The van der Waals surface area contributed by atoms with Crippen LogP contribution in [0.4, 0.5) is 0 Å². The van der Waals surface area contributed by atoms with Crippen LogP contribution in [0.5, 0.6) is 0 Å². The maximum absolute atomic E-state index is 9.48. The predicted molar refractivity (Wildman–Crippen MR) is 84.2 cm³/mol. The van der Waals surface area contributed by atoms with E-state index in [0.29, 0.717) is 6.04 Å². The minimum atomic E-state index is 0.246. The van der Waals surface area contributed by atoms with Gasteiger partial charge < -0.3 is 9.52 Å². The summed E-state index contributed by atoms with van der Waals surface area (Å²) in [6.07, 6.45) is 2.26. The molecule has 1 N–H and O–H groups in total. The van der Waals surface area contributed by atoms with Crippen molar-refractivity contribution in [2.45, 2.75) is 25.4 Å². The number of aliphatic hydroxyl groups excluding tert-OH is 1. The SMILES string of the molecule is OC[C@@H]1CCCN1Cc1cccc2c1oc1ccccc12. The van der Waals surface area contributed by atoms with Crippen LogP contribution in [0, 0.1) is 0 Å². The van der Waals surface area contributed by atoms with Crippen molar-refractivity contribution < 1.29 is 9.52 Å². The third-order valence-electron chi connectivity index (χ3n) is 4.57. The highest BCUT2D eigenvalue weighted by molar-refractivity contribution is 6.05. The molecule has 0 spiro atoms. The highest BCUT2D eigenvalue weighted by Gasteiger charge is 2.24. The van der Waals surface area contributed by atoms with Crippen molar-refractivity contribution in [3.8, 4) is 0 Å². The molecule has 1 aliphatic heterocycles. The molecule has 1 fully saturated rings. The van der Waals surface area contributed by atoms with E-state index in [4.69, 9.17) is 4.42 Å². The normalized spacial score (nSPS) is 19.8. The lowest BCUT2D eigenvalue weighted by atomic mass is 10.1. The molecule has 108 valence electrons. The molecular weight excluding hydrogens is 262 g/mol. The predicted octanol–water partition coefficient (Wildman–Crippen LogP) is 3.54. The molecule has 2 aromatic carbocycles. The first-order valence-corrected chi connectivity index (χ1v) is 7.61. The molecule has 1 aliphatic rings. The van der Waals surface area contributed by atoms with Gasteiger partial charge >= 0.3 is 0 Å². The Morgan fingerprint density at radius 1 is 1.10 bits per heavy atom. The van der Waals surface area contributed by atoms with Crippen molar-refractivity contribution in [1.29, 1.82) is 0 Å². The van der Waals surface area contributed by atoms with E-state index in [1.165, 1.54) is 22.8 Å². The number of para-hydroxylation sites is 2. The van der Waals surface area contributed by atoms with Gasteiger partial charge in [-0.2, -0.15) is 0 Å². The molecule has 0 radical (unpaired) electrons. The molecule has 3 heteroatoms. The Morgan fingerprint density at radius 3 is 2.86 bits per heavy atom. The van der Waals surface area contributed by atoms with Crippen LogP contribution in [-0.4, -0.2) is 29.2 Å². The fraction of sp³-hybridized carbons (Fsp3) is 0.333. The van der Waals surface area contributed by atoms with Crippen LogP contribution >= 0.6 is 0 Å². The fourth-order valence-corrected chi connectivity index (χ4v) is 3.46. The van der Waals surface area contributed by atoms with Gasteiger partial charge in [-0.1, -0.05) is 36.4 Å². The van der Waals surface area contributed by atoms with E-state index in [2.05, 4.69) is 29.2 Å². The minimum Gasteiger partial charge on any atom is -0.456 e. The van der Waals surface area contributed by atoms with Gasteiger partial charge in [0.25, 0.3) is 0 Å². The molecule has 0 aliphatic carbocycles. The van der Waals surface area contributed by atoms with Gasteiger partial charge in [-0.3, -0.25) is 4.90 Å². The number of fused-ring (bicyclic) bond motifs is 3. The summed E-state index contributed by atoms with van der Waals surface area (Å²) in [6.45, 7) is 2.15. The van der Waals surface area contributed by atoms with Crippen molar-refractivity contribution in [3.05, 3.63) is 48.0 Å². The summed E-state index contributed by atoms with van der Waals surface area (Å²) in [5.41, 5.74) is 3.14. The number of hydrogen-bond donors (Lipinski definition) is 1. The molecule has 4 rings (SSSR count). The maximum atomic E-state index is 9.48. The molecular formula is C18H19NO2. The smallest absolute Gasteiger partial charge is 0.139 e. The summed E-state index contributed by atoms with van der Waals surface area (Å²) >= 11 is 0. The van der Waals surface area contributed by atoms with Crippen molar-refractivity contribution in [1.82, 2.24) is 4.90 Å². The van der Waals surface area contributed by atoms with Gasteiger partial charge in [0.15, 0.2) is 0 Å². The van der Waals surface area contributed by atoms with Gasteiger partial charge in [-0.25, -0.2) is 0 Å². The standard InChI is InChI=1S/C18H19NO2/c20-12-14-6-4-10-19(14)11-13-5-3-8-16-15-7-1-2-9-17(15)21-18(13)16/h1-3,5,7-9,14,20H,4,6,10-12H2/t14-/m0/s1. The molecule has 1 saturated heterocycles. The summed E-state index contributed by atoms with van der Waals surface area (Å²) in [5, 5.41) is 11.8. The van der Waals surface area contributed by atoms with Crippen molar-refractivity contribution >= 4 is 21.9 Å².